The number of aromatic nitrogens is 1. The number of pyridine rings is 1. The SMILES string of the molecule is CC(C)CC(=O)ON=Cc1ccc(S(=O)(=O)c2ccc(Cl)cc2)nc1. The zero-order chi connectivity index (χ0) is 18.4. The summed E-state index contributed by atoms with van der Waals surface area (Å²) in [7, 11) is -3.72. The van der Waals surface area contributed by atoms with Crippen molar-refractivity contribution in [3.05, 3.63) is 53.2 Å². The Kier molecular flexibility index (Phi) is 6.27. The average Bonchev–Trinajstić information content (AvgIpc) is 2.55. The lowest BCUT2D eigenvalue weighted by Gasteiger charge is -2.04. The maximum Gasteiger partial charge on any atom is 0.335 e. The third kappa shape index (κ3) is 5.37. The molecule has 2 aromatic rings. The van der Waals surface area contributed by atoms with Gasteiger partial charge in [-0.2, -0.15) is 0 Å². The smallest absolute Gasteiger partial charge is 0.318 e. The van der Waals surface area contributed by atoms with Crippen molar-refractivity contribution in [3.8, 4) is 0 Å². The van der Waals surface area contributed by atoms with Gasteiger partial charge in [0, 0.05) is 16.8 Å². The summed E-state index contributed by atoms with van der Waals surface area (Å²) < 4.78 is 24.9. The summed E-state index contributed by atoms with van der Waals surface area (Å²) in [6.45, 7) is 3.80. The van der Waals surface area contributed by atoms with Crippen molar-refractivity contribution >= 4 is 33.6 Å². The van der Waals surface area contributed by atoms with Gasteiger partial charge in [0.25, 0.3) is 0 Å². The Morgan fingerprint density at radius 2 is 1.92 bits per heavy atom. The van der Waals surface area contributed by atoms with Gasteiger partial charge in [-0.3, -0.25) is 0 Å². The Morgan fingerprint density at radius 1 is 1.24 bits per heavy atom. The van der Waals surface area contributed by atoms with Crippen LogP contribution in [0.15, 0.2) is 57.7 Å². The Hall–Kier alpha value is -2.25. The van der Waals surface area contributed by atoms with Gasteiger partial charge in [-0.25, -0.2) is 18.2 Å². The quantitative estimate of drug-likeness (QED) is 0.435. The van der Waals surface area contributed by atoms with E-state index in [0.717, 1.165) is 0 Å². The molecule has 0 saturated carbocycles. The van der Waals surface area contributed by atoms with Gasteiger partial charge in [0.1, 0.15) is 0 Å². The van der Waals surface area contributed by atoms with Gasteiger partial charge in [0.05, 0.1) is 17.5 Å². The molecule has 0 saturated heterocycles. The highest BCUT2D eigenvalue weighted by molar-refractivity contribution is 7.91. The molecule has 1 aromatic heterocycles. The highest BCUT2D eigenvalue weighted by Crippen LogP contribution is 2.20. The molecule has 0 N–H and O–H groups in total. The topological polar surface area (TPSA) is 85.7 Å². The van der Waals surface area contributed by atoms with E-state index in [9.17, 15) is 13.2 Å². The first-order valence-electron chi connectivity index (χ1n) is 7.49. The first-order chi connectivity index (χ1) is 11.8. The number of carbonyl (C=O) groups excluding carboxylic acids is 1. The van der Waals surface area contributed by atoms with Gasteiger partial charge < -0.3 is 4.84 Å². The van der Waals surface area contributed by atoms with Gasteiger partial charge in [-0.15, -0.1) is 0 Å². The second kappa shape index (κ2) is 8.22. The molecule has 2 rings (SSSR count). The van der Waals surface area contributed by atoms with Gasteiger partial charge in [0.15, 0.2) is 5.03 Å². The molecule has 0 amide bonds. The molecule has 0 radical (unpaired) electrons. The molecule has 0 fully saturated rings. The summed E-state index contributed by atoms with van der Waals surface area (Å²) in [5.41, 5.74) is 0.507. The first kappa shape index (κ1) is 19.1. The summed E-state index contributed by atoms with van der Waals surface area (Å²) in [5.74, 6) is -0.247. The molecule has 0 unspecified atom stereocenters. The van der Waals surface area contributed by atoms with Crippen LogP contribution < -0.4 is 0 Å². The Labute approximate surface area is 151 Å². The second-order valence-corrected chi connectivity index (χ2v) is 8.02. The maximum absolute atomic E-state index is 12.5. The van der Waals surface area contributed by atoms with Crippen molar-refractivity contribution in [3.63, 3.8) is 0 Å². The minimum absolute atomic E-state index is 0.0937. The second-order valence-electron chi connectivity index (χ2n) is 5.68. The zero-order valence-corrected chi connectivity index (χ0v) is 15.3. The minimum atomic E-state index is -3.72. The van der Waals surface area contributed by atoms with E-state index >= 15 is 0 Å². The molecule has 0 bridgehead atoms. The van der Waals surface area contributed by atoms with E-state index in [-0.39, 0.29) is 22.3 Å². The van der Waals surface area contributed by atoms with Crippen molar-refractivity contribution in [2.45, 2.75) is 30.2 Å². The van der Waals surface area contributed by atoms with E-state index in [4.69, 9.17) is 16.4 Å². The Balaban J connectivity index is 2.09. The monoisotopic (exact) mass is 380 g/mol. The summed E-state index contributed by atoms with van der Waals surface area (Å²) in [6.07, 6.45) is 2.90. The summed E-state index contributed by atoms with van der Waals surface area (Å²) in [5, 5.41) is 3.93. The fraction of sp³-hybridized carbons (Fsp3) is 0.235. The molecule has 0 aliphatic rings. The molecule has 0 aliphatic carbocycles. The van der Waals surface area contributed by atoms with Crippen molar-refractivity contribution in [2.24, 2.45) is 11.1 Å². The molecule has 8 heteroatoms. The van der Waals surface area contributed by atoms with Gasteiger partial charge in [-0.1, -0.05) is 30.6 Å². The molecule has 1 heterocycles. The average molecular weight is 381 g/mol. The van der Waals surface area contributed by atoms with Crippen molar-refractivity contribution in [1.29, 1.82) is 0 Å². The van der Waals surface area contributed by atoms with Crippen molar-refractivity contribution < 1.29 is 18.0 Å². The Morgan fingerprint density at radius 3 is 2.48 bits per heavy atom. The number of benzene rings is 1. The summed E-state index contributed by atoms with van der Waals surface area (Å²) in [6, 6.07) is 8.73. The highest BCUT2D eigenvalue weighted by Gasteiger charge is 2.18. The van der Waals surface area contributed by atoms with E-state index in [0.29, 0.717) is 10.6 Å². The van der Waals surface area contributed by atoms with E-state index < -0.39 is 15.8 Å². The molecule has 1 aromatic carbocycles. The predicted octanol–water partition coefficient (Wildman–Crippen LogP) is 3.49. The van der Waals surface area contributed by atoms with Crippen LogP contribution in [0.25, 0.3) is 0 Å². The van der Waals surface area contributed by atoms with E-state index in [1.54, 1.807) is 0 Å². The third-order valence-corrected chi connectivity index (χ3v) is 5.03. The molecule has 0 spiro atoms. The van der Waals surface area contributed by atoms with Crippen LogP contribution in [0.5, 0.6) is 0 Å². The predicted molar refractivity (Wildman–Crippen MR) is 94.3 cm³/mol. The lowest BCUT2D eigenvalue weighted by atomic mass is 10.1. The number of hydrogen-bond donors (Lipinski definition) is 0. The van der Waals surface area contributed by atoms with Crippen molar-refractivity contribution in [2.75, 3.05) is 0 Å². The fourth-order valence-corrected chi connectivity index (χ4v) is 3.18. The number of hydrogen-bond acceptors (Lipinski definition) is 6. The molecule has 0 aliphatic heterocycles. The number of halogens is 1. The molecule has 132 valence electrons. The van der Waals surface area contributed by atoms with Crippen LogP contribution in [-0.4, -0.2) is 25.6 Å². The molecule has 25 heavy (non-hydrogen) atoms. The first-order valence-corrected chi connectivity index (χ1v) is 9.35. The number of carbonyl (C=O) groups is 1. The van der Waals surface area contributed by atoms with Gasteiger partial charge in [0.2, 0.25) is 9.84 Å². The number of oxime groups is 1. The minimum Gasteiger partial charge on any atom is -0.318 e. The molecular weight excluding hydrogens is 364 g/mol. The lowest BCUT2D eigenvalue weighted by Crippen LogP contribution is -2.05. The van der Waals surface area contributed by atoms with Crippen LogP contribution >= 0.6 is 11.6 Å². The van der Waals surface area contributed by atoms with Crippen molar-refractivity contribution in [1.82, 2.24) is 4.98 Å². The van der Waals surface area contributed by atoms with Crippen LogP contribution in [0.2, 0.25) is 5.02 Å². The number of nitrogens with zero attached hydrogens (tertiary/aromatic N) is 2. The third-order valence-electron chi connectivity index (χ3n) is 3.09. The molecule has 6 nitrogen and oxygen atoms in total. The Bertz CT molecular complexity index is 861. The number of sulfone groups is 1. The van der Waals surface area contributed by atoms with E-state index in [1.807, 2.05) is 13.8 Å². The van der Waals surface area contributed by atoms with Crippen LogP contribution in [0.1, 0.15) is 25.8 Å². The standard InChI is InChI=1S/C17H17ClN2O4S/c1-12(2)9-17(21)24-20-11-13-3-8-16(19-10-13)25(22,23)15-6-4-14(18)5-7-15/h3-8,10-12H,9H2,1-2H3. The number of rotatable bonds is 6. The highest BCUT2D eigenvalue weighted by atomic mass is 35.5. The van der Waals surface area contributed by atoms with E-state index in [1.165, 1.54) is 48.8 Å². The van der Waals surface area contributed by atoms with Gasteiger partial charge in [-0.05, 0) is 42.3 Å². The maximum atomic E-state index is 12.5. The van der Waals surface area contributed by atoms with Crippen LogP contribution in [-0.2, 0) is 19.5 Å². The molecular formula is C17H17ClN2O4S. The van der Waals surface area contributed by atoms with E-state index in [2.05, 4.69) is 10.1 Å². The van der Waals surface area contributed by atoms with Crippen LogP contribution in [0.3, 0.4) is 0 Å². The zero-order valence-electron chi connectivity index (χ0n) is 13.7. The molecule has 0 atom stereocenters. The van der Waals surface area contributed by atoms with Crippen LogP contribution in [0, 0.1) is 5.92 Å². The largest absolute Gasteiger partial charge is 0.335 e. The van der Waals surface area contributed by atoms with Crippen LogP contribution in [0.4, 0.5) is 0 Å². The lowest BCUT2D eigenvalue weighted by molar-refractivity contribution is -0.144. The summed E-state index contributed by atoms with van der Waals surface area (Å²) >= 11 is 5.77. The normalized spacial score (nSPS) is 11.8. The summed E-state index contributed by atoms with van der Waals surface area (Å²) in [4.78, 5) is 20.1. The van der Waals surface area contributed by atoms with Gasteiger partial charge >= 0.3 is 5.97 Å². The fourth-order valence-electron chi connectivity index (χ4n) is 1.88.